The van der Waals surface area contributed by atoms with Gasteiger partial charge in [0.15, 0.2) is 5.78 Å². The van der Waals surface area contributed by atoms with Crippen LogP contribution in [0.15, 0.2) is 54.6 Å². The minimum Gasteiger partial charge on any atom is -0.348 e. The molecule has 7 heteroatoms. The Labute approximate surface area is 160 Å². The molecule has 0 aliphatic heterocycles. The number of ketones is 1. The number of hydrogen-bond donors (Lipinski definition) is 0. The molecule has 3 aromatic rings. The monoisotopic (exact) mass is 387 g/mol. The molecule has 138 valence electrons. The van der Waals surface area contributed by atoms with Crippen molar-refractivity contribution < 1.29 is 13.6 Å². The lowest BCUT2D eigenvalue weighted by atomic mass is 10.1. The second-order valence-electron chi connectivity index (χ2n) is 6.00. The Kier molecular flexibility index (Phi) is 5.37. The van der Waals surface area contributed by atoms with E-state index in [4.69, 9.17) is 11.6 Å². The number of carbonyl (C=O) groups is 1. The molecule has 0 saturated carbocycles. The molecule has 4 nitrogen and oxygen atoms in total. The fourth-order valence-corrected chi connectivity index (χ4v) is 2.77. The summed E-state index contributed by atoms with van der Waals surface area (Å²) in [4.78, 5) is 18.4. The average molecular weight is 388 g/mol. The van der Waals surface area contributed by atoms with E-state index in [0.29, 0.717) is 22.9 Å². The Morgan fingerprint density at radius 2 is 1.59 bits per heavy atom. The van der Waals surface area contributed by atoms with Crippen LogP contribution in [0.4, 0.5) is 14.7 Å². The summed E-state index contributed by atoms with van der Waals surface area (Å²) in [6, 6.07) is 11.1. The van der Waals surface area contributed by atoms with Crippen molar-refractivity contribution in [3.8, 4) is 5.69 Å². The van der Waals surface area contributed by atoms with Crippen molar-refractivity contribution in [3.63, 3.8) is 0 Å². The van der Waals surface area contributed by atoms with Gasteiger partial charge in [-0.1, -0.05) is 11.6 Å². The van der Waals surface area contributed by atoms with Gasteiger partial charge in [-0.25, -0.2) is 13.8 Å². The first-order valence-electron chi connectivity index (χ1n) is 8.06. The molecule has 0 aliphatic carbocycles. The molecule has 3 rings (SSSR count). The number of hydrogen-bond acceptors (Lipinski definition) is 3. The normalized spacial score (nSPS) is 11.1. The largest absolute Gasteiger partial charge is 0.348 e. The van der Waals surface area contributed by atoms with Crippen LogP contribution >= 0.6 is 11.6 Å². The van der Waals surface area contributed by atoms with E-state index < -0.39 is 5.82 Å². The topological polar surface area (TPSA) is 38.1 Å². The van der Waals surface area contributed by atoms with E-state index in [1.807, 2.05) is 0 Å². The molecule has 0 radical (unpaired) electrons. The molecular formula is C20H16ClF2N3O. The number of nitrogens with zero attached hydrogens (tertiary/aromatic N) is 3. The van der Waals surface area contributed by atoms with Crippen LogP contribution in [0.5, 0.6) is 0 Å². The SMILES string of the molecule is CN(C)c1nc(C=CC(=O)c2ccc(F)cc2)c(Cl)n1-c1ccc(F)cc1. The molecule has 0 spiro atoms. The summed E-state index contributed by atoms with van der Waals surface area (Å²) >= 11 is 6.47. The van der Waals surface area contributed by atoms with E-state index >= 15 is 0 Å². The van der Waals surface area contributed by atoms with Crippen LogP contribution in [-0.2, 0) is 0 Å². The fourth-order valence-electron chi connectivity index (χ4n) is 2.50. The number of halogens is 3. The molecule has 0 atom stereocenters. The van der Waals surface area contributed by atoms with E-state index in [9.17, 15) is 13.6 Å². The van der Waals surface area contributed by atoms with Gasteiger partial charge in [0.1, 0.15) is 22.5 Å². The number of carbonyl (C=O) groups excluding carboxylic acids is 1. The highest BCUT2D eigenvalue weighted by Gasteiger charge is 2.17. The van der Waals surface area contributed by atoms with Crippen LogP contribution in [0.1, 0.15) is 16.1 Å². The van der Waals surface area contributed by atoms with Crippen LogP contribution in [0, 0.1) is 11.6 Å². The molecule has 1 aromatic heterocycles. The summed E-state index contributed by atoms with van der Waals surface area (Å²) in [5.41, 5.74) is 1.39. The van der Waals surface area contributed by atoms with Gasteiger partial charge in [0.2, 0.25) is 5.95 Å². The van der Waals surface area contributed by atoms with Crippen molar-refractivity contribution in [2.45, 2.75) is 0 Å². The Morgan fingerprint density at radius 3 is 2.15 bits per heavy atom. The zero-order valence-corrected chi connectivity index (χ0v) is 15.4. The third-order valence-electron chi connectivity index (χ3n) is 3.83. The van der Waals surface area contributed by atoms with Crippen molar-refractivity contribution in [1.82, 2.24) is 9.55 Å². The van der Waals surface area contributed by atoms with Crippen molar-refractivity contribution in [1.29, 1.82) is 0 Å². The maximum absolute atomic E-state index is 13.2. The zero-order chi connectivity index (χ0) is 19.6. The average Bonchev–Trinajstić information content (AvgIpc) is 2.98. The van der Waals surface area contributed by atoms with E-state index in [0.717, 1.165) is 0 Å². The third kappa shape index (κ3) is 4.06. The summed E-state index contributed by atoms with van der Waals surface area (Å²) in [5, 5.41) is 0.286. The number of rotatable bonds is 5. The molecule has 0 amide bonds. The molecule has 0 aliphatic rings. The Bertz CT molecular complexity index is 993. The van der Waals surface area contributed by atoms with Gasteiger partial charge >= 0.3 is 0 Å². The molecule has 0 fully saturated rings. The highest BCUT2D eigenvalue weighted by Crippen LogP contribution is 2.29. The molecule has 27 heavy (non-hydrogen) atoms. The van der Waals surface area contributed by atoms with Gasteiger partial charge in [0.05, 0.1) is 5.69 Å². The summed E-state index contributed by atoms with van der Waals surface area (Å²) < 4.78 is 27.9. The minimum atomic E-state index is -0.410. The van der Waals surface area contributed by atoms with Gasteiger partial charge in [-0.2, -0.15) is 0 Å². The van der Waals surface area contributed by atoms with E-state index in [1.54, 1.807) is 35.7 Å². The quantitative estimate of drug-likeness (QED) is 0.467. The lowest BCUT2D eigenvalue weighted by Crippen LogP contribution is -2.14. The summed E-state index contributed by atoms with van der Waals surface area (Å²) in [6.45, 7) is 0. The zero-order valence-electron chi connectivity index (χ0n) is 14.7. The van der Waals surface area contributed by atoms with Gasteiger partial charge in [-0.3, -0.25) is 9.36 Å². The van der Waals surface area contributed by atoms with Crippen LogP contribution < -0.4 is 4.90 Å². The summed E-state index contributed by atoms with van der Waals surface area (Å²) in [6.07, 6.45) is 2.83. The molecule has 1 heterocycles. The summed E-state index contributed by atoms with van der Waals surface area (Å²) in [7, 11) is 3.60. The first kappa shape index (κ1) is 18.8. The van der Waals surface area contributed by atoms with Crippen LogP contribution in [0.2, 0.25) is 5.15 Å². The second-order valence-corrected chi connectivity index (χ2v) is 6.36. The molecule has 0 saturated heterocycles. The Hall–Kier alpha value is -2.99. The van der Waals surface area contributed by atoms with Crippen LogP contribution in [0.25, 0.3) is 11.8 Å². The number of anilines is 1. The number of aromatic nitrogens is 2. The van der Waals surface area contributed by atoms with Gasteiger partial charge in [0.25, 0.3) is 0 Å². The minimum absolute atomic E-state index is 0.286. The predicted octanol–water partition coefficient (Wildman–Crippen LogP) is 4.77. The van der Waals surface area contributed by atoms with Gasteiger partial charge in [-0.05, 0) is 60.7 Å². The van der Waals surface area contributed by atoms with E-state index in [-0.39, 0.29) is 16.8 Å². The molecular weight excluding hydrogens is 372 g/mol. The molecule has 2 aromatic carbocycles. The number of allylic oxidation sites excluding steroid dienone is 1. The highest BCUT2D eigenvalue weighted by atomic mass is 35.5. The Morgan fingerprint density at radius 1 is 1.04 bits per heavy atom. The highest BCUT2D eigenvalue weighted by molar-refractivity contribution is 6.31. The first-order valence-corrected chi connectivity index (χ1v) is 8.44. The maximum atomic E-state index is 13.2. The predicted molar refractivity (Wildman–Crippen MR) is 103 cm³/mol. The summed E-state index contributed by atoms with van der Waals surface area (Å²) in [5.74, 6) is -0.534. The lowest BCUT2D eigenvalue weighted by molar-refractivity contribution is 0.104. The van der Waals surface area contributed by atoms with E-state index in [2.05, 4.69) is 4.98 Å². The third-order valence-corrected chi connectivity index (χ3v) is 4.20. The fraction of sp³-hybridized carbons (Fsp3) is 0.100. The van der Waals surface area contributed by atoms with Crippen LogP contribution in [-0.4, -0.2) is 29.4 Å². The van der Waals surface area contributed by atoms with Crippen molar-refractivity contribution >= 4 is 29.4 Å². The number of imidazole rings is 1. The molecule has 0 N–H and O–H groups in total. The number of benzene rings is 2. The van der Waals surface area contributed by atoms with E-state index in [1.165, 1.54) is 48.6 Å². The smallest absolute Gasteiger partial charge is 0.211 e. The molecule has 0 unspecified atom stereocenters. The second kappa shape index (κ2) is 7.72. The first-order chi connectivity index (χ1) is 12.9. The Balaban J connectivity index is 1.96. The van der Waals surface area contributed by atoms with Crippen LogP contribution in [0.3, 0.4) is 0 Å². The standard InChI is InChI=1S/C20H16ClF2N3O/c1-25(2)20-24-17(11-12-18(27)13-3-5-14(22)6-4-13)19(21)26(20)16-9-7-15(23)8-10-16/h3-12H,1-2H3. The molecule has 0 bridgehead atoms. The lowest BCUT2D eigenvalue weighted by Gasteiger charge is -2.14. The van der Waals surface area contributed by atoms with Crippen molar-refractivity contribution in [3.05, 3.63) is 82.7 Å². The van der Waals surface area contributed by atoms with Gasteiger partial charge in [-0.15, -0.1) is 0 Å². The maximum Gasteiger partial charge on any atom is 0.211 e. The van der Waals surface area contributed by atoms with Gasteiger partial charge in [0, 0.05) is 19.7 Å². The van der Waals surface area contributed by atoms with Crippen molar-refractivity contribution in [2.75, 3.05) is 19.0 Å². The van der Waals surface area contributed by atoms with Crippen molar-refractivity contribution in [2.24, 2.45) is 0 Å². The van der Waals surface area contributed by atoms with Gasteiger partial charge < -0.3 is 4.90 Å².